The van der Waals surface area contributed by atoms with Gasteiger partial charge < -0.3 is 15.4 Å². The molecule has 4 rings (SSSR count). The van der Waals surface area contributed by atoms with Gasteiger partial charge in [0.1, 0.15) is 11.4 Å². The van der Waals surface area contributed by atoms with Gasteiger partial charge in [-0.3, -0.25) is 19.8 Å². The Morgan fingerprint density at radius 3 is 2.59 bits per heavy atom. The van der Waals surface area contributed by atoms with Crippen LogP contribution >= 0.6 is 0 Å². The zero-order chi connectivity index (χ0) is 19.0. The number of rotatable bonds is 3. The maximum absolute atomic E-state index is 13.0. The second-order valence-electron chi connectivity index (χ2n) is 7.44. The number of aromatic nitrogens is 3. The first-order valence-electron chi connectivity index (χ1n) is 9.19. The van der Waals surface area contributed by atoms with E-state index in [1.165, 1.54) is 4.57 Å². The van der Waals surface area contributed by atoms with Crippen molar-refractivity contribution in [3.8, 4) is 0 Å². The van der Waals surface area contributed by atoms with E-state index in [0.717, 1.165) is 45.6 Å². The Kier molecular flexibility index (Phi) is 4.43. The molecule has 2 aliphatic rings. The molecule has 0 saturated carbocycles. The summed E-state index contributed by atoms with van der Waals surface area (Å²) in [7, 11) is 1.69. The molecule has 2 saturated heterocycles. The summed E-state index contributed by atoms with van der Waals surface area (Å²) in [6.07, 6.45) is 6.33. The van der Waals surface area contributed by atoms with Crippen LogP contribution in [-0.4, -0.2) is 46.6 Å². The van der Waals surface area contributed by atoms with Crippen molar-refractivity contribution in [1.29, 1.82) is 5.41 Å². The van der Waals surface area contributed by atoms with Crippen LogP contribution in [0.1, 0.15) is 30.4 Å². The Labute approximate surface area is 157 Å². The van der Waals surface area contributed by atoms with E-state index in [4.69, 9.17) is 15.9 Å². The third-order valence-electron chi connectivity index (χ3n) is 5.81. The normalized spacial score (nSPS) is 18.8. The topological polar surface area (TPSA) is 110 Å². The summed E-state index contributed by atoms with van der Waals surface area (Å²) in [5.74, 6) is 0.664. The Morgan fingerprint density at radius 2 is 1.96 bits per heavy atom. The molecule has 0 aliphatic carbocycles. The molecule has 0 radical (unpaired) electrons. The average molecular weight is 368 g/mol. The highest BCUT2D eigenvalue weighted by atomic mass is 16.5. The number of pyridine rings is 1. The van der Waals surface area contributed by atoms with Crippen LogP contribution in [0.15, 0.2) is 29.3 Å². The molecule has 2 fully saturated rings. The minimum atomic E-state index is -0.302. The summed E-state index contributed by atoms with van der Waals surface area (Å²) < 4.78 is 7.09. The monoisotopic (exact) mass is 368 g/mol. The lowest BCUT2D eigenvalue weighted by molar-refractivity contribution is 0.133. The van der Waals surface area contributed by atoms with Crippen LogP contribution in [0.5, 0.6) is 0 Å². The summed E-state index contributed by atoms with van der Waals surface area (Å²) in [4.78, 5) is 23.5. The van der Waals surface area contributed by atoms with Crippen molar-refractivity contribution in [3.05, 3.63) is 46.0 Å². The number of ether oxygens (including phenoxy) is 1. The van der Waals surface area contributed by atoms with Crippen LogP contribution in [0.2, 0.25) is 0 Å². The Morgan fingerprint density at radius 1 is 1.26 bits per heavy atom. The van der Waals surface area contributed by atoms with E-state index < -0.39 is 0 Å². The molecular formula is C19H24N6O2. The zero-order valence-electron chi connectivity index (χ0n) is 15.4. The lowest BCUT2D eigenvalue weighted by Gasteiger charge is -2.39. The first-order valence-corrected chi connectivity index (χ1v) is 9.19. The van der Waals surface area contributed by atoms with Crippen molar-refractivity contribution < 1.29 is 4.74 Å². The largest absolute Gasteiger partial charge is 0.383 e. The second kappa shape index (κ2) is 6.77. The molecule has 1 spiro atoms. The Hall–Kier alpha value is -2.74. The van der Waals surface area contributed by atoms with Crippen molar-refractivity contribution in [2.24, 2.45) is 12.5 Å². The van der Waals surface area contributed by atoms with Crippen LogP contribution in [0.25, 0.3) is 0 Å². The highest BCUT2D eigenvalue weighted by Gasteiger charge is 2.38. The molecule has 0 amide bonds. The molecule has 0 atom stereocenters. The number of nitrogens with two attached hydrogens (primary N) is 1. The van der Waals surface area contributed by atoms with Gasteiger partial charge in [0.15, 0.2) is 0 Å². The summed E-state index contributed by atoms with van der Waals surface area (Å²) in [5.41, 5.74) is 6.89. The quantitative estimate of drug-likeness (QED) is 0.787. The maximum Gasteiger partial charge on any atom is 0.266 e. The number of hydrogen-bond acceptors (Lipinski definition) is 7. The molecule has 0 aromatic carbocycles. The van der Waals surface area contributed by atoms with Crippen LogP contribution in [0.3, 0.4) is 0 Å². The van der Waals surface area contributed by atoms with Gasteiger partial charge in [-0.1, -0.05) is 0 Å². The molecule has 2 aromatic rings. The van der Waals surface area contributed by atoms with Crippen LogP contribution in [0.4, 0.5) is 11.8 Å². The molecule has 2 aliphatic heterocycles. The van der Waals surface area contributed by atoms with Crippen molar-refractivity contribution >= 4 is 17.5 Å². The van der Waals surface area contributed by atoms with E-state index in [2.05, 4.69) is 14.9 Å². The molecule has 0 bridgehead atoms. The maximum atomic E-state index is 13.0. The van der Waals surface area contributed by atoms with E-state index in [-0.39, 0.29) is 28.1 Å². The van der Waals surface area contributed by atoms with Gasteiger partial charge in [-0.2, -0.15) is 4.98 Å². The van der Waals surface area contributed by atoms with Gasteiger partial charge in [0, 0.05) is 44.7 Å². The fraction of sp³-hybridized carbons (Fsp3) is 0.474. The van der Waals surface area contributed by atoms with Crippen molar-refractivity contribution in [3.63, 3.8) is 0 Å². The van der Waals surface area contributed by atoms with Gasteiger partial charge in [-0.15, -0.1) is 0 Å². The number of hydrogen-bond donors (Lipinski definition) is 2. The zero-order valence-corrected chi connectivity index (χ0v) is 15.4. The Bertz CT molecular complexity index is 908. The molecule has 8 heteroatoms. The molecule has 4 heterocycles. The second-order valence-corrected chi connectivity index (χ2v) is 7.44. The van der Waals surface area contributed by atoms with Crippen LogP contribution in [0, 0.1) is 10.8 Å². The summed E-state index contributed by atoms with van der Waals surface area (Å²) in [5, 5.41) is 8.38. The van der Waals surface area contributed by atoms with Crippen molar-refractivity contribution in [2.75, 3.05) is 36.9 Å². The molecular weight excluding hydrogens is 344 g/mol. The summed E-state index contributed by atoms with van der Waals surface area (Å²) >= 11 is 0. The van der Waals surface area contributed by atoms with E-state index >= 15 is 0 Å². The standard InChI is InChI=1S/C19H24N6O2/c1-24-17(26)14(15(20)13-2-7-22-8-3-13)16(21)23-18(24)25-9-4-19(5-10-25)6-11-27-12-19/h2-3,7-8,20H,4-6,9-12,21H2,1H3. The van der Waals surface area contributed by atoms with E-state index in [1.807, 2.05) is 0 Å². The number of anilines is 2. The Balaban J connectivity index is 1.63. The first-order chi connectivity index (χ1) is 13.0. The number of nitrogens with zero attached hydrogens (tertiary/aromatic N) is 4. The minimum absolute atomic E-state index is 0.0650. The lowest BCUT2D eigenvalue weighted by Crippen LogP contribution is -2.43. The number of piperidine rings is 1. The van der Waals surface area contributed by atoms with Crippen molar-refractivity contribution in [2.45, 2.75) is 19.3 Å². The highest BCUT2D eigenvalue weighted by Crippen LogP contribution is 2.39. The lowest BCUT2D eigenvalue weighted by atomic mass is 9.78. The highest BCUT2D eigenvalue weighted by molar-refractivity contribution is 6.13. The third kappa shape index (κ3) is 3.10. The van der Waals surface area contributed by atoms with Crippen LogP contribution in [-0.2, 0) is 11.8 Å². The smallest absolute Gasteiger partial charge is 0.266 e. The van der Waals surface area contributed by atoms with E-state index in [0.29, 0.717) is 11.5 Å². The predicted octanol–water partition coefficient (Wildman–Crippen LogP) is 1.18. The molecule has 3 N–H and O–H groups in total. The van der Waals surface area contributed by atoms with Gasteiger partial charge in [0.25, 0.3) is 5.56 Å². The number of nitrogen functional groups attached to an aromatic ring is 1. The van der Waals surface area contributed by atoms with Gasteiger partial charge >= 0.3 is 0 Å². The fourth-order valence-corrected chi connectivity index (χ4v) is 4.01. The van der Waals surface area contributed by atoms with Crippen LogP contribution < -0.4 is 16.2 Å². The molecule has 27 heavy (non-hydrogen) atoms. The van der Waals surface area contributed by atoms with E-state index in [9.17, 15) is 4.79 Å². The summed E-state index contributed by atoms with van der Waals surface area (Å²) in [6, 6.07) is 3.37. The third-order valence-corrected chi connectivity index (χ3v) is 5.81. The molecule has 8 nitrogen and oxygen atoms in total. The summed E-state index contributed by atoms with van der Waals surface area (Å²) in [6.45, 7) is 3.32. The van der Waals surface area contributed by atoms with Gasteiger partial charge in [-0.05, 0) is 36.8 Å². The van der Waals surface area contributed by atoms with Gasteiger partial charge in [-0.25, -0.2) is 0 Å². The SMILES string of the molecule is Cn1c(N2CCC3(CCOC3)CC2)nc(N)c(C(=N)c2ccncc2)c1=O. The number of nitrogens with one attached hydrogen (secondary N) is 1. The minimum Gasteiger partial charge on any atom is -0.383 e. The molecule has 0 unspecified atom stereocenters. The molecule has 142 valence electrons. The average Bonchev–Trinajstić information content (AvgIpc) is 3.14. The van der Waals surface area contributed by atoms with Crippen molar-refractivity contribution in [1.82, 2.24) is 14.5 Å². The van der Waals surface area contributed by atoms with Gasteiger partial charge in [0.2, 0.25) is 5.95 Å². The predicted molar refractivity (Wildman–Crippen MR) is 103 cm³/mol. The first kappa shape index (κ1) is 17.7. The van der Waals surface area contributed by atoms with E-state index in [1.54, 1.807) is 31.6 Å². The molecule has 2 aromatic heterocycles. The fourth-order valence-electron chi connectivity index (χ4n) is 4.01. The van der Waals surface area contributed by atoms with Gasteiger partial charge in [0.05, 0.1) is 12.3 Å².